The predicted molar refractivity (Wildman–Crippen MR) is 62.8 cm³/mol. The third kappa shape index (κ3) is 3.25. The van der Waals surface area contributed by atoms with Crippen molar-refractivity contribution < 1.29 is 9.13 Å². The van der Waals surface area contributed by atoms with E-state index in [1.165, 1.54) is 12.1 Å². The van der Waals surface area contributed by atoms with E-state index in [9.17, 15) is 4.39 Å². The van der Waals surface area contributed by atoms with Crippen molar-refractivity contribution in [2.24, 2.45) is 0 Å². The normalized spacial score (nSPS) is 11.9. The molecule has 1 unspecified atom stereocenters. The molecule has 0 fully saturated rings. The van der Waals surface area contributed by atoms with E-state index >= 15 is 0 Å². The largest absolute Gasteiger partial charge is 0.492 e. The van der Waals surface area contributed by atoms with Crippen LogP contribution >= 0.6 is 0 Å². The van der Waals surface area contributed by atoms with Crippen LogP contribution in [0.1, 0.15) is 24.9 Å². The van der Waals surface area contributed by atoms with E-state index in [2.05, 4.69) is 11.2 Å². The van der Waals surface area contributed by atoms with Gasteiger partial charge in [0.05, 0.1) is 6.61 Å². The molecule has 1 N–H and O–H groups in total. The van der Waals surface area contributed by atoms with E-state index in [-0.39, 0.29) is 11.9 Å². The number of terminal acetylenes is 1. The highest BCUT2D eigenvalue weighted by Crippen LogP contribution is 2.25. The molecule has 0 radical (unpaired) electrons. The van der Waals surface area contributed by atoms with Crippen LogP contribution in [0.25, 0.3) is 0 Å². The zero-order valence-electron chi connectivity index (χ0n) is 9.59. The maximum absolute atomic E-state index is 13.1. The minimum absolute atomic E-state index is 0.0385. The molecule has 0 amide bonds. The van der Waals surface area contributed by atoms with E-state index in [1.807, 2.05) is 14.0 Å². The van der Waals surface area contributed by atoms with E-state index < -0.39 is 0 Å². The first-order chi connectivity index (χ1) is 7.69. The molecule has 1 aromatic carbocycles. The highest BCUT2D eigenvalue weighted by molar-refractivity contribution is 5.36. The summed E-state index contributed by atoms with van der Waals surface area (Å²) in [5, 5.41) is 3.05. The van der Waals surface area contributed by atoms with Crippen molar-refractivity contribution in [3.63, 3.8) is 0 Å². The van der Waals surface area contributed by atoms with Gasteiger partial charge in [-0.3, -0.25) is 0 Å². The van der Waals surface area contributed by atoms with Gasteiger partial charge in [0.15, 0.2) is 0 Å². The minimum atomic E-state index is -0.263. The highest BCUT2D eigenvalue weighted by Gasteiger charge is 2.11. The number of hydrogen-bond acceptors (Lipinski definition) is 2. The molecule has 0 aliphatic carbocycles. The van der Waals surface area contributed by atoms with Gasteiger partial charge in [0.25, 0.3) is 0 Å². The average molecular weight is 221 g/mol. The van der Waals surface area contributed by atoms with Crippen LogP contribution in [-0.4, -0.2) is 13.7 Å². The molecule has 86 valence electrons. The predicted octanol–water partition coefficient (Wildman–Crippen LogP) is 2.51. The third-order valence-corrected chi connectivity index (χ3v) is 2.38. The standard InChI is InChI=1S/C13H16FNO/c1-4-5-8-16-13-7-6-11(14)9-12(13)10(2)15-3/h1,6-7,9-10,15H,5,8H2,2-3H3. The summed E-state index contributed by atoms with van der Waals surface area (Å²) < 4.78 is 18.6. The highest BCUT2D eigenvalue weighted by atomic mass is 19.1. The molecule has 16 heavy (non-hydrogen) atoms. The first-order valence-corrected chi connectivity index (χ1v) is 5.22. The summed E-state index contributed by atoms with van der Waals surface area (Å²) in [7, 11) is 1.82. The second-order valence-electron chi connectivity index (χ2n) is 3.50. The van der Waals surface area contributed by atoms with Gasteiger partial charge in [-0.25, -0.2) is 4.39 Å². The summed E-state index contributed by atoms with van der Waals surface area (Å²) in [5.41, 5.74) is 0.805. The quantitative estimate of drug-likeness (QED) is 0.609. The van der Waals surface area contributed by atoms with Crippen molar-refractivity contribution in [2.75, 3.05) is 13.7 Å². The molecule has 1 rings (SSSR count). The van der Waals surface area contributed by atoms with Crippen LogP contribution < -0.4 is 10.1 Å². The zero-order chi connectivity index (χ0) is 12.0. The maximum Gasteiger partial charge on any atom is 0.124 e. The number of benzene rings is 1. The minimum Gasteiger partial charge on any atom is -0.492 e. The van der Waals surface area contributed by atoms with Gasteiger partial charge in [0, 0.05) is 18.0 Å². The Bertz CT molecular complexity index is 384. The molecule has 0 aromatic heterocycles. The van der Waals surface area contributed by atoms with Crippen molar-refractivity contribution in [2.45, 2.75) is 19.4 Å². The Balaban J connectivity index is 2.85. The van der Waals surface area contributed by atoms with Gasteiger partial charge in [-0.2, -0.15) is 0 Å². The smallest absolute Gasteiger partial charge is 0.124 e. The molecule has 0 aliphatic heterocycles. The van der Waals surface area contributed by atoms with Crippen molar-refractivity contribution in [3.05, 3.63) is 29.6 Å². The number of hydrogen-bond donors (Lipinski definition) is 1. The van der Waals surface area contributed by atoms with Crippen LogP contribution in [0.4, 0.5) is 4.39 Å². The molecule has 0 heterocycles. The molecule has 0 bridgehead atoms. The van der Waals surface area contributed by atoms with Gasteiger partial charge in [-0.1, -0.05) is 0 Å². The second kappa shape index (κ2) is 6.14. The summed E-state index contributed by atoms with van der Waals surface area (Å²) in [6.07, 6.45) is 5.68. The molecule has 1 atom stereocenters. The fourth-order valence-corrected chi connectivity index (χ4v) is 1.36. The van der Waals surface area contributed by atoms with Gasteiger partial charge < -0.3 is 10.1 Å². The molecule has 3 heteroatoms. The summed E-state index contributed by atoms with van der Waals surface area (Å²) in [6, 6.07) is 4.54. The fraction of sp³-hybridized carbons (Fsp3) is 0.385. The monoisotopic (exact) mass is 221 g/mol. The third-order valence-electron chi connectivity index (χ3n) is 2.38. The summed E-state index contributed by atoms with van der Waals surface area (Å²) in [6.45, 7) is 2.40. The summed E-state index contributed by atoms with van der Waals surface area (Å²) >= 11 is 0. The topological polar surface area (TPSA) is 21.3 Å². The van der Waals surface area contributed by atoms with Crippen LogP contribution in [-0.2, 0) is 0 Å². The Morgan fingerprint density at radius 2 is 2.31 bits per heavy atom. The molecular weight excluding hydrogens is 205 g/mol. The Kier molecular flexibility index (Phi) is 4.81. The lowest BCUT2D eigenvalue weighted by atomic mass is 10.1. The number of halogens is 1. The van der Waals surface area contributed by atoms with Gasteiger partial charge in [0.2, 0.25) is 0 Å². The van der Waals surface area contributed by atoms with E-state index in [0.717, 1.165) is 5.56 Å². The Morgan fingerprint density at radius 3 is 2.94 bits per heavy atom. The maximum atomic E-state index is 13.1. The lowest BCUT2D eigenvalue weighted by molar-refractivity contribution is 0.320. The second-order valence-corrected chi connectivity index (χ2v) is 3.50. The van der Waals surface area contributed by atoms with Crippen LogP contribution in [0.3, 0.4) is 0 Å². The van der Waals surface area contributed by atoms with Crippen LogP contribution in [0.15, 0.2) is 18.2 Å². The Labute approximate surface area is 95.8 Å². The van der Waals surface area contributed by atoms with Crippen LogP contribution in [0.2, 0.25) is 0 Å². The van der Waals surface area contributed by atoms with E-state index in [1.54, 1.807) is 6.07 Å². The van der Waals surface area contributed by atoms with Crippen molar-refractivity contribution in [1.29, 1.82) is 0 Å². The van der Waals surface area contributed by atoms with Crippen molar-refractivity contribution in [3.8, 4) is 18.1 Å². The molecule has 2 nitrogen and oxygen atoms in total. The molecule has 0 saturated carbocycles. The lowest BCUT2D eigenvalue weighted by Crippen LogP contribution is -2.14. The van der Waals surface area contributed by atoms with Gasteiger partial charge in [-0.05, 0) is 32.2 Å². The first-order valence-electron chi connectivity index (χ1n) is 5.22. The van der Waals surface area contributed by atoms with Crippen molar-refractivity contribution in [1.82, 2.24) is 5.32 Å². The van der Waals surface area contributed by atoms with Gasteiger partial charge in [-0.15, -0.1) is 12.3 Å². The molecule has 0 saturated heterocycles. The van der Waals surface area contributed by atoms with Crippen LogP contribution in [0.5, 0.6) is 5.75 Å². The number of nitrogens with one attached hydrogen (secondary N) is 1. The SMILES string of the molecule is C#CCCOc1ccc(F)cc1C(C)NC. The van der Waals surface area contributed by atoms with Gasteiger partial charge >= 0.3 is 0 Å². The van der Waals surface area contributed by atoms with Gasteiger partial charge in [0.1, 0.15) is 11.6 Å². The first kappa shape index (κ1) is 12.5. The number of rotatable bonds is 5. The molecule has 0 spiro atoms. The number of ether oxygens (including phenoxy) is 1. The average Bonchev–Trinajstić information content (AvgIpc) is 2.30. The summed E-state index contributed by atoms with van der Waals surface area (Å²) in [4.78, 5) is 0. The zero-order valence-corrected chi connectivity index (χ0v) is 9.59. The molecule has 0 aliphatic rings. The Hall–Kier alpha value is -1.53. The lowest BCUT2D eigenvalue weighted by Gasteiger charge is -2.16. The van der Waals surface area contributed by atoms with E-state index in [4.69, 9.17) is 11.2 Å². The Morgan fingerprint density at radius 1 is 1.56 bits per heavy atom. The fourth-order valence-electron chi connectivity index (χ4n) is 1.36. The van der Waals surface area contributed by atoms with E-state index in [0.29, 0.717) is 18.8 Å². The van der Waals surface area contributed by atoms with Crippen LogP contribution in [0, 0.1) is 18.2 Å². The summed E-state index contributed by atoms with van der Waals surface area (Å²) in [5.74, 6) is 2.91. The molecular formula is C13H16FNO. The molecule has 1 aromatic rings. The van der Waals surface area contributed by atoms with Crippen molar-refractivity contribution >= 4 is 0 Å².